The zero-order valence-electron chi connectivity index (χ0n) is 13.1. The molecule has 0 N–H and O–H groups in total. The molecule has 1 fully saturated rings. The molecule has 0 bridgehead atoms. The van der Waals surface area contributed by atoms with Crippen LogP contribution in [-0.2, 0) is 10.0 Å². The number of hydrogen-bond donors (Lipinski definition) is 0. The van der Waals surface area contributed by atoms with Gasteiger partial charge in [0.2, 0.25) is 10.0 Å². The van der Waals surface area contributed by atoms with Crippen molar-refractivity contribution >= 4 is 10.0 Å². The van der Waals surface area contributed by atoms with Gasteiger partial charge in [-0.25, -0.2) is 8.42 Å². The normalized spacial score (nSPS) is 18.5. The van der Waals surface area contributed by atoms with Gasteiger partial charge in [0, 0.05) is 25.1 Å². The third kappa shape index (κ3) is 3.22. The van der Waals surface area contributed by atoms with Crippen molar-refractivity contribution in [2.45, 2.75) is 44.0 Å². The van der Waals surface area contributed by atoms with Gasteiger partial charge in [0.15, 0.2) is 11.5 Å². The van der Waals surface area contributed by atoms with Gasteiger partial charge in [-0.15, -0.1) is 0 Å². The van der Waals surface area contributed by atoms with E-state index in [1.54, 1.807) is 22.5 Å². The molecule has 0 saturated heterocycles. The van der Waals surface area contributed by atoms with Gasteiger partial charge in [0.05, 0.1) is 18.1 Å². The van der Waals surface area contributed by atoms with Crippen LogP contribution in [0.5, 0.6) is 11.5 Å². The smallest absolute Gasteiger partial charge is 0.243 e. The lowest BCUT2D eigenvalue weighted by Gasteiger charge is -2.24. The Hall–Kier alpha value is -1.27. The minimum Gasteiger partial charge on any atom is -0.490 e. The third-order valence-electron chi connectivity index (χ3n) is 3.82. The summed E-state index contributed by atoms with van der Waals surface area (Å²) in [4.78, 5) is 0.296. The second-order valence-electron chi connectivity index (χ2n) is 6.36. The molecule has 0 aromatic heterocycles. The summed E-state index contributed by atoms with van der Waals surface area (Å²) in [6, 6.07) is 5.08. The number of nitrogens with zero attached hydrogens (tertiary/aromatic N) is 1. The Morgan fingerprint density at radius 1 is 1.18 bits per heavy atom. The van der Waals surface area contributed by atoms with Crippen LogP contribution in [0.25, 0.3) is 0 Å². The highest BCUT2D eigenvalue weighted by atomic mass is 32.2. The molecular weight excluding hydrogens is 302 g/mol. The van der Waals surface area contributed by atoms with Crippen molar-refractivity contribution in [2.75, 3.05) is 19.8 Å². The lowest BCUT2D eigenvalue weighted by Crippen LogP contribution is -2.36. The first-order valence-corrected chi connectivity index (χ1v) is 9.34. The predicted molar refractivity (Wildman–Crippen MR) is 83.8 cm³/mol. The standard InChI is InChI=1S/C16H23NO4S/c1-12(2)11-17(13-4-5-13)22(18,19)14-6-7-15-16(10-14)21-9-3-8-20-15/h6-7,10,12-13H,3-5,8-9,11H2,1-2H3. The molecule has 0 atom stereocenters. The molecule has 1 heterocycles. The molecule has 2 aliphatic rings. The fourth-order valence-electron chi connectivity index (χ4n) is 2.61. The largest absolute Gasteiger partial charge is 0.490 e. The summed E-state index contributed by atoms with van der Waals surface area (Å²) >= 11 is 0. The minimum atomic E-state index is -3.48. The van der Waals surface area contributed by atoms with Crippen molar-refractivity contribution in [3.63, 3.8) is 0 Å². The fraction of sp³-hybridized carbons (Fsp3) is 0.625. The van der Waals surface area contributed by atoms with Crippen LogP contribution in [0.1, 0.15) is 33.1 Å². The molecule has 1 aliphatic carbocycles. The van der Waals surface area contributed by atoms with Crippen molar-refractivity contribution in [2.24, 2.45) is 5.92 Å². The molecular formula is C16H23NO4S. The summed E-state index contributed by atoms with van der Waals surface area (Å²) < 4.78 is 38.7. The van der Waals surface area contributed by atoms with Crippen LogP contribution in [0.15, 0.2) is 23.1 Å². The van der Waals surface area contributed by atoms with Gasteiger partial charge in [0.1, 0.15) is 0 Å². The van der Waals surface area contributed by atoms with Gasteiger partial charge >= 0.3 is 0 Å². The van der Waals surface area contributed by atoms with Gasteiger partial charge in [0.25, 0.3) is 0 Å². The monoisotopic (exact) mass is 325 g/mol. The zero-order chi connectivity index (χ0) is 15.7. The van der Waals surface area contributed by atoms with Crippen molar-refractivity contribution in [3.8, 4) is 11.5 Å². The fourth-order valence-corrected chi connectivity index (χ4v) is 4.47. The molecule has 1 aliphatic heterocycles. The molecule has 5 nitrogen and oxygen atoms in total. The van der Waals surface area contributed by atoms with Crippen molar-refractivity contribution < 1.29 is 17.9 Å². The summed E-state index contributed by atoms with van der Waals surface area (Å²) in [5.41, 5.74) is 0. The summed E-state index contributed by atoms with van der Waals surface area (Å²) in [5.74, 6) is 1.45. The van der Waals surface area contributed by atoms with E-state index in [1.165, 1.54) is 0 Å². The Kier molecular flexibility index (Phi) is 4.32. The lowest BCUT2D eigenvalue weighted by molar-refractivity contribution is 0.296. The quantitative estimate of drug-likeness (QED) is 0.835. The van der Waals surface area contributed by atoms with Crippen LogP contribution < -0.4 is 9.47 Å². The van der Waals surface area contributed by atoms with Gasteiger partial charge in [-0.1, -0.05) is 13.8 Å². The lowest BCUT2D eigenvalue weighted by atomic mass is 10.2. The highest BCUT2D eigenvalue weighted by Crippen LogP contribution is 2.36. The highest BCUT2D eigenvalue weighted by Gasteiger charge is 2.38. The Balaban J connectivity index is 1.92. The second kappa shape index (κ2) is 6.08. The first kappa shape index (κ1) is 15.6. The number of hydrogen-bond acceptors (Lipinski definition) is 4. The van der Waals surface area contributed by atoms with Crippen LogP contribution in [-0.4, -0.2) is 38.5 Å². The minimum absolute atomic E-state index is 0.156. The summed E-state index contributed by atoms with van der Waals surface area (Å²) in [6.07, 6.45) is 2.71. The number of benzene rings is 1. The predicted octanol–water partition coefficient (Wildman–Crippen LogP) is 2.66. The molecule has 1 aromatic rings. The van der Waals surface area contributed by atoms with Crippen LogP contribution >= 0.6 is 0 Å². The molecule has 0 spiro atoms. The molecule has 0 radical (unpaired) electrons. The van der Waals surface area contributed by atoms with Gasteiger partial charge in [-0.3, -0.25) is 0 Å². The molecule has 0 amide bonds. The molecule has 1 aromatic carbocycles. The summed E-state index contributed by atoms with van der Waals surface area (Å²) in [6.45, 7) is 5.79. The first-order valence-electron chi connectivity index (χ1n) is 7.90. The highest BCUT2D eigenvalue weighted by molar-refractivity contribution is 7.89. The van der Waals surface area contributed by atoms with E-state index in [-0.39, 0.29) is 6.04 Å². The van der Waals surface area contributed by atoms with E-state index < -0.39 is 10.0 Å². The van der Waals surface area contributed by atoms with Crippen LogP contribution in [0, 0.1) is 5.92 Å². The van der Waals surface area contributed by atoms with E-state index in [0.29, 0.717) is 42.1 Å². The summed E-state index contributed by atoms with van der Waals surface area (Å²) in [5, 5.41) is 0. The molecule has 0 unspecified atom stereocenters. The Labute approximate surface area is 132 Å². The maximum atomic E-state index is 13.0. The topological polar surface area (TPSA) is 55.8 Å². The zero-order valence-corrected chi connectivity index (χ0v) is 13.9. The number of ether oxygens (including phenoxy) is 2. The average molecular weight is 325 g/mol. The maximum Gasteiger partial charge on any atom is 0.243 e. The Morgan fingerprint density at radius 2 is 1.86 bits per heavy atom. The Bertz CT molecular complexity index is 638. The van der Waals surface area contributed by atoms with Gasteiger partial charge in [-0.05, 0) is 30.9 Å². The van der Waals surface area contributed by atoms with E-state index in [4.69, 9.17) is 9.47 Å². The molecule has 122 valence electrons. The van der Waals surface area contributed by atoms with E-state index in [1.807, 2.05) is 13.8 Å². The third-order valence-corrected chi connectivity index (χ3v) is 5.74. The average Bonchev–Trinajstić information content (AvgIpc) is 3.30. The van der Waals surface area contributed by atoms with Crippen LogP contribution in [0.4, 0.5) is 0 Å². The van der Waals surface area contributed by atoms with Crippen molar-refractivity contribution in [1.29, 1.82) is 0 Å². The van der Waals surface area contributed by atoms with Crippen LogP contribution in [0.2, 0.25) is 0 Å². The molecule has 6 heteroatoms. The summed E-state index contributed by atoms with van der Waals surface area (Å²) in [7, 11) is -3.48. The maximum absolute atomic E-state index is 13.0. The molecule has 22 heavy (non-hydrogen) atoms. The number of sulfonamides is 1. The van der Waals surface area contributed by atoms with E-state index in [2.05, 4.69) is 0 Å². The van der Waals surface area contributed by atoms with E-state index in [9.17, 15) is 8.42 Å². The first-order chi connectivity index (χ1) is 10.5. The number of fused-ring (bicyclic) bond motifs is 1. The van der Waals surface area contributed by atoms with E-state index in [0.717, 1.165) is 19.3 Å². The SMILES string of the molecule is CC(C)CN(C1CC1)S(=O)(=O)c1ccc2c(c1)OCCCO2. The number of rotatable bonds is 5. The van der Waals surface area contributed by atoms with Crippen molar-refractivity contribution in [3.05, 3.63) is 18.2 Å². The van der Waals surface area contributed by atoms with Crippen LogP contribution in [0.3, 0.4) is 0 Å². The van der Waals surface area contributed by atoms with Gasteiger partial charge < -0.3 is 9.47 Å². The van der Waals surface area contributed by atoms with E-state index >= 15 is 0 Å². The molecule has 1 saturated carbocycles. The van der Waals surface area contributed by atoms with Gasteiger partial charge in [-0.2, -0.15) is 4.31 Å². The van der Waals surface area contributed by atoms with Crippen molar-refractivity contribution in [1.82, 2.24) is 4.31 Å². The molecule has 3 rings (SSSR count). The Morgan fingerprint density at radius 3 is 2.50 bits per heavy atom. The second-order valence-corrected chi connectivity index (χ2v) is 8.25.